The van der Waals surface area contributed by atoms with E-state index < -0.39 is 11.5 Å². The molecule has 1 atom stereocenters. The molecule has 15 heavy (non-hydrogen) atoms. The molecule has 0 aromatic rings. The van der Waals surface area contributed by atoms with Gasteiger partial charge >= 0.3 is 0 Å². The fourth-order valence-electron chi connectivity index (χ4n) is 1.77. The highest BCUT2D eigenvalue weighted by molar-refractivity contribution is 6.08. The van der Waals surface area contributed by atoms with Crippen LogP contribution >= 0.6 is 0 Å². The van der Waals surface area contributed by atoms with Gasteiger partial charge in [-0.3, -0.25) is 20.4 Å². The number of carbonyl (C=O) groups is 2. The standard InChI is InChI=1S/C9H14N4O2/c1-5-7(15)13-8(11-10-5)9(2,3)4-6(14)12-13/h5,10H,4H2,1-3H3,(H,12,14). The highest BCUT2D eigenvalue weighted by Crippen LogP contribution is 2.28. The van der Waals surface area contributed by atoms with Crippen molar-refractivity contribution < 1.29 is 9.59 Å². The van der Waals surface area contributed by atoms with Crippen LogP contribution < -0.4 is 10.9 Å². The van der Waals surface area contributed by atoms with E-state index in [-0.39, 0.29) is 11.8 Å². The predicted octanol–water partition coefficient (Wildman–Crippen LogP) is -0.419. The van der Waals surface area contributed by atoms with Crippen molar-refractivity contribution in [1.29, 1.82) is 0 Å². The summed E-state index contributed by atoms with van der Waals surface area (Å²) >= 11 is 0. The second-order valence-electron chi connectivity index (χ2n) is 4.56. The van der Waals surface area contributed by atoms with Crippen LogP contribution in [-0.4, -0.2) is 28.7 Å². The van der Waals surface area contributed by atoms with E-state index in [1.807, 2.05) is 13.8 Å². The number of amidine groups is 1. The normalized spacial score (nSPS) is 28.9. The summed E-state index contributed by atoms with van der Waals surface area (Å²) in [5.41, 5.74) is 4.86. The number of carbonyl (C=O) groups excluding carboxylic acids is 2. The molecule has 0 radical (unpaired) electrons. The second-order valence-corrected chi connectivity index (χ2v) is 4.56. The van der Waals surface area contributed by atoms with Crippen molar-refractivity contribution in [3.63, 3.8) is 0 Å². The lowest BCUT2D eigenvalue weighted by molar-refractivity contribution is -0.142. The summed E-state index contributed by atoms with van der Waals surface area (Å²) in [6.07, 6.45) is 0.339. The fraction of sp³-hybridized carbons (Fsp3) is 0.667. The van der Waals surface area contributed by atoms with E-state index in [9.17, 15) is 9.59 Å². The summed E-state index contributed by atoms with van der Waals surface area (Å²) in [6, 6.07) is -0.400. The minimum Gasteiger partial charge on any atom is -0.296 e. The van der Waals surface area contributed by atoms with Gasteiger partial charge in [0.2, 0.25) is 5.91 Å². The first-order valence-corrected chi connectivity index (χ1v) is 4.89. The first-order valence-electron chi connectivity index (χ1n) is 4.89. The van der Waals surface area contributed by atoms with E-state index in [2.05, 4.69) is 16.0 Å². The monoisotopic (exact) mass is 210 g/mol. The molecule has 0 aromatic heterocycles. The number of fused-ring (bicyclic) bond motifs is 1. The van der Waals surface area contributed by atoms with Crippen molar-refractivity contribution in [3.05, 3.63) is 0 Å². The molecular weight excluding hydrogens is 196 g/mol. The Bertz CT molecular complexity index is 361. The maximum atomic E-state index is 11.8. The Balaban J connectivity index is 2.40. The minimum absolute atomic E-state index is 0.151. The van der Waals surface area contributed by atoms with Crippen LogP contribution in [0, 0.1) is 5.41 Å². The molecule has 1 unspecified atom stereocenters. The second kappa shape index (κ2) is 2.95. The lowest BCUT2D eigenvalue weighted by Crippen LogP contribution is -2.65. The maximum absolute atomic E-state index is 11.8. The predicted molar refractivity (Wildman–Crippen MR) is 53.4 cm³/mol. The molecule has 1 saturated heterocycles. The Morgan fingerprint density at radius 1 is 1.47 bits per heavy atom. The van der Waals surface area contributed by atoms with Crippen molar-refractivity contribution in [1.82, 2.24) is 15.9 Å². The van der Waals surface area contributed by atoms with Gasteiger partial charge in [-0.25, -0.2) is 5.01 Å². The van der Waals surface area contributed by atoms with Crippen molar-refractivity contribution in [2.24, 2.45) is 10.5 Å². The van der Waals surface area contributed by atoms with Gasteiger partial charge in [0.15, 0.2) is 5.84 Å². The highest BCUT2D eigenvalue weighted by Gasteiger charge is 2.43. The largest absolute Gasteiger partial charge is 0.296 e. The molecule has 2 N–H and O–H groups in total. The zero-order chi connectivity index (χ0) is 11.2. The molecule has 82 valence electrons. The Morgan fingerprint density at radius 2 is 2.13 bits per heavy atom. The van der Waals surface area contributed by atoms with Gasteiger partial charge in [-0.1, -0.05) is 13.8 Å². The molecule has 0 bridgehead atoms. The summed E-state index contributed by atoms with van der Waals surface area (Å²) in [5.74, 6) is 0.243. The van der Waals surface area contributed by atoms with E-state index in [0.717, 1.165) is 0 Å². The van der Waals surface area contributed by atoms with E-state index in [1.54, 1.807) is 6.92 Å². The van der Waals surface area contributed by atoms with E-state index in [4.69, 9.17) is 0 Å². The van der Waals surface area contributed by atoms with E-state index in [0.29, 0.717) is 12.3 Å². The van der Waals surface area contributed by atoms with Gasteiger partial charge in [0.1, 0.15) is 6.04 Å². The molecule has 1 fully saturated rings. The topological polar surface area (TPSA) is 73.8 Å². The third kappa shape index (κ3) is 1.45. The average molecular weight is 210 g/mol. The van der Waals surface area contributed by atoms with Crippen LogP contribution in [0.2, 0.25) is 0 Å². The Morgan fingerprint density at radius 3 is 2.80 bits per heavy atom. The Labute approximate surface area is 87.7 Å². The zero-order valence-electron chi connectivity index (χ0n) is 9.00. The van der Waals surface area contributed by atoms with Crippen molar-refractivity contribution in [3.8, 4) is 0 Å². The average Bonchev–Trinajstić information content (AvgIpc) is 2.10. The van der Waals surface area contributed by atoms with Crippen molar-refractivity contribution >= 4 is 17.6 Å². The quantitative estimate of drug-likeness (QED) is 0.570. The lowest BCUT2D eigenvalue weighted by Gasteiger charge is -2.41. The van der Waals surface area contributed by atoms with Gasteiger partial charge in [0, 0.05) is 11.8 Å². The van der Waals surface area contributed by atoms with Crippen LogP contribution in [0.4, 0.5) is 0 Å². The molecule has 2 heterocycles. The third-order valence-corrected chi connectivity index (χ3v) is 2.61. The summed E-state index contributed by atoms with van der Waals surface area (Å²) < 4.78 is 0. The van der Waals surface area contributed by atoms with Crippen LogP contribution in [0.3, 0.4) is 0 Å². The number of hydrazine groups is 1. The highest BCUT2D eigenvalue weighted by atomic mass is 16.2. The number of nitrogens with zero attached hydrogens (tertiary/aromatic N) is 2. The number of hydrazone groups is 1. The Hall–Kier alpha value is -1.59. The number of hydrogen-bond acceptors (Lipinski definition) is 4. The van der Waals surface area contributed by atoms with Gasteiger partial charge in [0.05, 0.1) is 0 Å². The zero-order valence-corrected chi connectivity index (χ0v) is 9.00. The van der Waals surface area contributed by atoms with Gasteiger partial charge in [0.25, 0.3) is 5.91 Å². The SMILES string of the molecule is CC1NN=C2N(NC(=O)CC2(C)C)C1=O. The van der Waals surface area contributed by atoms with Gasteiger partial charge in [-0.2, -0.15) is 5.10 Å². The van der Waals surface area contributed by atoms with Crippen molar-refractivity contribution in [2.45, 2.75) is 33.2 Å². The number of hydrogen-bond donors (Lipinski definition) is 2. The Kier molecular flexibility index (Phi) is 1.95. The fourth-order valence-corrected chi connectivity index (χ4v) is 1.77. The van der Waals surface area contributed by atoms with Gasteiger partial charge < -0.3 is 0 Å². The first kappa shape index (κ1) is 9.95. The summed E-state index contributed by atoms with van der Waals surface area (Å²) in [6.45, 7) is 5.49. The van der Waals surface area contributed by atoms with Gasteiger partial charge in [-0.05, 0) is 6.92 Å². The van der Waals surface area contributed by atoms with E-state index in [1.165, 1.54) is 5.01 Å². The van der Waals surface area contributed by atoms with Crippen LogP contribution in [0.5, 0.6) is 0 Å². The molecule has 2 aliphatic heterocycles. The molecule has 2 rings (SSSR count). The molecule has 0 saturated carbocycles. The molecule has 0 aromatic carbocycles. The van der Waals surface area contributed by atoms with E-state index >= 15 is 0 Å². The maximum Gasteiger partial charge on any atom is 0.270 e. The number of nitrogens with one attached hydrogen (secondary N) is 2. The van der Waals surface area contributed by atoms with Crippen molar-refractivity contribution in [2.75, 3.05) is 0 Å². The molecular formula is C9H14N4O2. The van der Waals surface area contributed by atoms with Gasteiger partial charge in [-0.15, -0.1) is 0 Å². The third-order valence-electron chi connectivity index (χ3n) is 2.61. The summed E-state index contributed by atoms with van der Waals surface area (Å²) in [4.78, 5) is 23.2. The molecule has 6 heteroatoms. The molecule has 2 aliphatic rings. The van der Waals surface area contributed by atoms with Crippen LogP contribution in [0.1, 0.15) is 27.2 Å². The molecule has 2 amide bonds. The summed E-state index contributed by atoms with van der Waals surface area (Å²) in [5, 5.41) is 5.38. The molecule has 0 aliphatic carbocycles. The lowest BCUT2D eigenvalue weighted by atomic mass is 9.85. The molecule has 0 spiro atoms. The summed E-state index contributed by atoms with van der Waals surface area (Å²) in [7, 11) is 0. The molecule has 6 nitrogen and oxygen atoms in total. The first-order chi connectivity index (χ1) is 6.92. The van der Waals surface area contributed by atoms with Crippen LogP contribution in [-0.2, 0) is 9.59 Å². The number of amides is 2. The minimum atomic E-state index is -0.412. The number of rotatable bonds is 0. The van der Waals surface area contributed by atoms with Crippen LogP contribution in [0.25, 0.3) is 0 Å². The van der Waals surface area contributed by atoms with Crippen LogP contribution in [0.15, 0.2) is 5.10 Å². The smallest absolute Gasteiger partial charge is 0.270 e.